The fourth-order valence-corrected chi connectivity index (χ4v) is 5.23. The molecule has 0 saturated carbocycles. The third-order valence-corrected chi connectivity index (χ3v) is 6.90. The monoisotopic (exact) mass is 462 g/mol. The number of hydrogen-bond donors (Lipinski definition) is 2. The van der Waals surface area contributed by atoms with E-state index in [0.717, 1.165) is 31.7 Å². The first kappa shape index (κ1) is 25.6. The number of amides is 2. The van der Waals surface area contributed by atoms with Gasteiger partial charge in [0.25, 0.3) is 0 Å². The van der Waals surface area contributed by atoms with Crippen molar-refractivity contribution in [3.05, 3.63) is 11.9 Å². The average Bonchev–Trinajstić information content (AvgIpc) is 3.29. The Hall–Kier alpha value is -2.00. The molecule has 1 aromatic rings. The summed E-state index contributed by atoms with van der Waals surface area (Å²) in [4.78, 5) is 30.0. The van der Waals surface area contributed by atoms with Gasteiger partial charge in [-0.15, -0.1) is 5.10 Å². The Morgan fingerprint density at radius 3 is 2.70 bits per heavy atom. The molecular weight excluding hydrogens is 420 g/mol. The second kappa shape index (κ2) is 10.1. The van der Waals surface area contributed by atoms with E-state index < -0.39 is 23.6 Å². The number of carbonyl (C=O) groups excluding carboxylic acids is 2. The number of aliphatic hydroxyl groups is 1. The van der Waals surface area contributed by atoms with Crippen LogP contribution in [0.15, 0.2) is 6.20 Å². The molecule has 2 N–H and O–H groups in total. The van der Waals surface area contributed by atoms with Gasteiger partial charge in [-0.25, -0.2) is 4.68 Å². The molecule has 0 spiro atoms. The molecule has 186 valence electrons. The minimum Gasteiger partial charge on any atom is -0.391 e. The summed E-state index contributed by atoms with van der Waals surface area (Å²) >= 11 is 0. The highest BCUT2D eigenvalue weighted by Crippen LogP contribution is 2.34. The third-order valence-electron chi connectivity index (χ3n) is 6.90. The Morgan fingerprint density at radius 2 is 2.03 bits per heavy atom. The molecule has 2 fully saturated rings. The molecule has 0 unspecified atom stereocenters. The predicted molar refractivity (Wildman–Crippen MR) is 126 cm³/mol. The van der Waals surface area contributed by atoms with Crippen molar-refractivity contribution < 1.29 is 14.7 Å². The maximum atomic E-state index is 13.6. The Morgan fingerprint density at radius 1 is 1.30 bits per heavy atom. The summed E-state index contributed by atoms with van der Waals surface area (Å²) in [6, 6.07) is -1.29. The van der Waals surface area contributed by atoms with Crippen LogP contribution in [0.3, 0.4) is 0 Å². The number of likely N-dealkylation sites (N-methyl/N-ethyl adjacent to an activating group) is 1. The van der Waals surface area contributed by atoms with Crippen LogP contribution >= 0.6 is 0 Å². The van der Waals surface area contributed by atoms with Crippen molar-refractivity contribution in [3.8, 4) is 0 Å². The summed E-state index contributed by atoms with van der Waals surface area (Å²) in [7, 11) is 1.55. The first-order valence-corrected chi connectivity index (χ1v) is 12.2. The minimum absolute atomic E-state index is 0.149. The van der Waals surface area contributed by atoms with Gasteiger partial charge in [0.15, 0.2) is 0 Å². The topological polar surface area (TPSA) is 104 Å². The van der Waals surface area contributed by atoms with E-state index in [1.807, 2.05) is 27.0 Å². The first-order chi connectivity index (χ1) is 15.4. The summed E-state index contributed by atoms with van der Waals surface area (Å²) in [5.74, 6) is -0.467. The maximum absolute atomic E-state index is 13.6. The minimum atomic E-state index is -0.707. The lowest BCUT2D eigenvalue weighted by Gasteiger charge is -2.34. The number of rotatable bonds is 6. The Labute approximate surface area is 197 Å². The molecule has 3 atom stereocenters. The number of nitrogens with one attached hydrogen (secondary N) is 1. The largest absolute Gasteiger partial charge is 0.391 e. The highest BCUT2D eigenvalue weighted by atomic mass is 16.3. The number of nitrogens with zero attached hydrogens (tertiary/aromatic N) is 5. The van der Waals surface area contributed by atoms with Crippen molar-refractivity contribution in [1.82, 2.24) is 30.1 Å². The normalized spacial score (nSPS) is 25.0. The number of β-amino-alcohol motifs (C(OH)–C–C–N with tert-alkyl or cyclic N) is 1. The molecule has 9 nitrogen and oxygen atoms in total. The molecule has 0 radical (unpaired) electrons. The summed E-state index contributed by atoms with van der Waals surface area (Å²) in [5, 5.41) is 21.5. The molecule has 2 aliphatic heterocycles. The van der Waals surface area contributed by atoms with Gasteiger partial charge in [0.1, 0.15) is 12.1 Å². The van der Waals surface area contributed by atoms with E-state index in [4.69, 9.17) is 0 Å². The number of aliphatic hydroxyl groups excluding tert-OH is 1. The van der Waals surface area contributed by atoms with Crippen molar-refractivity contribution in [2.45, 2.75) is 84.9 Å². The van der Waals surface area contributed by atoms with E-state index in [9.17, 15) is 14.7 Å². The Kier molecular flexibility index (Phi) is 7.84. The summed E-state index contributed by atoms with van der Waals surface area (Å²) < 4.78 is 1.65. The second-order valence-corrected chi connectivity index (χ2v) is 11.6. The number of aromatic nitrogens is 3. The van der Waals surface area contributed by atoms with E-state index in [-0.39, 0.29) is 24.8 Å². The SMILES string of the molecule is CNC(=O)[C@@H]1C[C@@H](O)CN1C(=O)[C@@H](n1cc(CCN2CCCCC(C)(C)C2)nn1)C(C)(C)C. The molecule has 0 bridgehead atoms. The molecule has 9 heteroatoms. The van der Waals surface area contributed by atoms with Crippen LogP contribution in [0.1, 0.15) is 72.0 Å². The van der Waals surface area contributed by atoms with Crippen LogP contribution in [0.25, 0.3) is 0 Å². The highest BCUT2D eigenvalue weighted by molar-refractivity contribution is 5.90. The molecule has 33 heavy (non-hydrogen) atoms. The fourth-order valence-electron chi connectivity index (χ4n) is 5.23. The molecule has 2 saturated heterocycles. The van der Waals surface area contributed by atoms with Crippen LogP contribution in [-0.4, -0.2) is 87.1 Å². The lowest BCUT2D eigenvalue weighted by atomic mass is 9.85. The zero-order chi connectivity index (χ0) is 24.4. The molecule has 3 rings (SSSR count). The third kappa shape index (κ3) is 6.32. The first-order valence-electron chi connectivity index (χ1n) is 12.2. The molecule has 2 aliphatic rings. The molecule has 0 aliphatic carbocycles. The van der Waals surface area contributed by atoms with Crippen molar-refractivity contribution in [1.29, 1.82) is 0 Å². The summed E-state index contributed by atoms with van der Waals surface area (Å²) in [6.45, 7) is 13.9. The quantitative estimate of drug-likeness (QED) is 0.666. The van der Waals surface area contributed by atoms with Crippen LogP contribution in [0.5, 0.6) is 0 Å². The Bertz CT molecular complexity index is 830. The maximum Gasteiger partial charge on any atom is 0.248 e. The van der Waals surface area contributed by atoms with Gasteiger partial charge in [0.2, 0.25) is 11.8 Å². The summed E-state index contributed by atoms with van der Waals surface area (Å²) in [5.41, 5.74) is 0.750. The molecule has 0 aromatic carbocycles. The van der Waals surface area contributed by atoms with Gasteiger partial charge in [-0.3, -0.25) is 9.59 Å². The van der Waals surface area contributed by atoms with E-state index in [2.05, 4.69) is 34.4 Å². The van der Waals surface area contributed by atoms with Gasteiger partial charge in [-0.05, 0) is 30.2 Å². The zero-order valence-electron chi connectivity index (χ0n) is 21.2. The predicted octanol–water partition coefficient (Wildman–Crippen LogP) is 1.63. The van der Waals surface area contributed by atoms with E-state index >= 15 is 0 Å². The van der Waals surface area contributed by atoms with Crippen LogP contribution in [0.2, 0.25) is 0 Å². The van der Waals surface area contributed by atoms with Crippen molar-refractivity contribution in [2.75, 3.05) is 33.2 Å². The molecule has 3 heterocycles. The van der Waals surface area contributed by atoms with E-state index in [1.54, 1.807) is 11.7 Å². The van der Waals surface area contributed by atoms with E-state index in [0.29, 0.717) is 5.41 Å². The highest BCUT2D eigenvalue weighted by Gasteiger charge is 2.45. The van der Waals surface area contributed by atoms with Gasteiger partial charge >= 0.3 is 0 Å². The lowest BCUT2D eigenvalue weighted by Crippen LogP contribution is -2.49. The van der Waals surface area contributed by atoms with Crippen LogP contribution in [-0.2, 0) is 16.0 Å². The fraction of sp³-hybridized carbons (Fsp3) is 0.833. The Balaban J connectivity index is 1.74. The average molecular weight is 463 g/mol. The van der Waals surface area contributed by atoms with Crippen LogP contribution in [0.4, 0.5) is 0 Å². The summed E-state index contributed by atoms with van der Waals surface area (Å²) in [6.07, 6.45) is 5.96. The number of carbonyl (C=O) groups is 2. The standard InChI is InChI=1S/C24H42N6O3/c1-23(2,3)20(22(33)29-15-18(31)13-19(29)21(32)25-6)30-14-17(26-27-30)9-12-28-11-8-7-10-24(4,5)16-28/h14,18-20,31H,7-13,15-16H2,1-6H3,(H,25,32)/t18-,19+,20-/m1/s1. The molecule has 1 aromatic heterocycles. The van der Waals surface area contributed by atoms with Gasteiger partial charge in [0.05, 0.1) is 11.8 Å². The van der Waals surface area contributed by atoms with Gasteiger partial charge in [0, 0.05) is 45.7 Å². The van der Waals surface area contributed by atoms with Crippen LogP contribution in [0, 0.1) is 10.8 Å². The van der Waals surface area contributed by atoms with Gasteiger partial charge in [-0.2, -0.15) is 0 Å². The lowest BCUT2D eigenvalue weighted by molar-refractivity contribution is -0.144. The van der Waals surface area contributed by atoms with Gasteiger partial charge < -0.3 is 20.2 Å². The smallest absolute Gasteiger partial charge is 0.248 e. The molecular formula is C24H42N6O3. The van der Waals surface area contributed by atoms with Crippen molar-refractivity contribution in [2.24, 2.45) is 10.8 Å². The second-order valence-electron chi connectivity index (χ2n) is 11.6. The van der Waals surface area contributed by atoms with Crippen molar-refractivity contribution >= 4 is 11.8 Å². The number of likely N-dealkylation sites (tertiary alicyclic amines) is 2. The number of hydrogen-bond acceptors (Lipinski definition) is 6. The molecule has 2 amide bonds. The van der Waals surface area contributed by atoms with E-state index in [1.165, 1.54) is 24.2 Å². The van der Waals surface area contributed by atoms with Crippen molar-refractivity contribution in [3.63, 3.8) is 0 Å². The van der Waals surface area contributed by atoms with Gasteiger partial charge in [-0.1, -0.05) is 46.3 Å². The van der Waals surface area contributed by atoms with Crippen LogP contribution < -0.4 is 5.32 Å². The zero-order valence-corrected chi connectivity index (χ0v) is 21.2.